The van der Waals surface area contributed by atoms with Gasteiger partial charge < -0.3 is 5.11 Å². The fourth-order valence-electron chi connectivity index (χ4n) is 1.43. The Morgan fingerprint density at radius 1 is 1.33 bits per heavy atom. The Morgan fingerprint density at radius 3 is 2.72 bits per heavy atom. The van der Waals surface area contributed by atoms with Gasteiger partial charge in [-0.25, -0.2) is 9.97 Å². The van der Waals surface area contributed by atoms with Crippen LogP contribution in [0.4, 0.5) is 0 Å². The summed E-state index contributed by atoms with van der Waals surface area (Å²) >= 11 is 11.8. The molecule has 2 aromatic rings. The summed E-state index contributed by atoms with van der Waals surface area (Å²) < 4.78 is 0. The van der Waals surface area contributed by atoms with Gasteiger partial charge >= 0.3 is 5.97 Å². The van der Waals surface area contributed by atoms with Crippen molar-refractivity contribution in [2.45, 2.75) is 6.42 Å². The van der Waals surface area contributed by atoms with E-state index in [1.54, 1.807) is 24.3 Å². The first-order valence-electron chi connectivity index (χ1n) is 5.05. The quantitative estimate of drug-likeness (QED) is 0.879. The monoisotopic (exact) mass is 282 g/mol. The maximum Gasteiger partial charge on any atom is 0.307 e. The van der Waals surface area contributed by atoms with Crippen LogP contribution in [0.15, 0.2) is 30.5 Å². The molecule has 2 rings (SSSR count). The Kier molecular flexibility index (Phi) is 3.79. The smallest absolute Gasteiger partial charge is 0.307 e. The Balaban J connectivity index is 2.37. The molecule has 18 heavy (non-hydrogen) atoms. The molecule has 0 bridgehead atoms. The van der Waals surface area contributed by atoms with E-state index in [0.29, 0.717) is 16.4 Å². The fourth-order valence-corrected chi connectivity index (χ4v) is 1.82. The van der Waals surface area contributed by atoms with Crippen LogP contribution in [0.5, 0.6) is 0 Å². The van der Waals surface area contributed by atoms with Gasteiger partial charge in [-0.1, -0.05) is 35.3 Å². The number of halogens is 2. The predicted molar refractivity (Wildman–Crippen MR) is 68.8 cm³/mol. The van der Waals surface area contributed by atoms with Gasteiger partial charge in [-0.3, -0.25) is 4.79 Å². The summed E-state index contributed by atoms with van der Waals surface area (Å²) in [5.74, 6) is -0.562. The maximum absolute atomic E-state index is 10.6. The molecule has 4 nitrogen and oxygen atoms in total. The SMILES string of the molecule is O=C(O)Cc1cnc(-c2cccc(Cl)c2)nc1Cl. The van der Waals surface area contributed by atoms with Crippen molar-refractivity contribution in [3.05, 3.63) is 46.2 Å². The number of aromatic nitrogens is 2. The number of carbonyl (C=O) groups is 1. The van der Waals surface area contributed by atoms with E-state index in [2.05, 4.69) is 9.97 Å². The first kappa shape index (κ1) is 12.8. The molecule has 0 aliphatic carbocycles. The van der Waals surface area contributed by atoms with Crippen LogP contribution >= 0.6 is 23.2 Å². The normalized spacial score (nSPS) is 10.3. The summed E-state index contributed by atoms with van der Waals surface area (Å²) in [7, 11) is 0. The number of carboxylic acid groups (broad SMARTS) is 1. The van der Waals surface area contributed by atoms with E-state index < -0.39 is 5.97 Å². The minimum Gasteiger partial charge on any atom is -0.481 e. The van der Waals surface area contributed by atoms with Gasteiger partial charge in [0, 0.05) is 22.3 Å². The van der Waals surface area contributed by atoms with Crippen LogP contribution < -0.4 is 0 Å². The van der Waals surface area contributed by atoms with Crippen molar-refractivity contribution in [1.82, 2.24) is 9.97 Å². The molecule has 92 valence electrons. The summed E-state index contributed by atoms with van der Waals surface area (Å²) in [6.07, 6.45) is 1.22. The van der Waals surface area contributed by atoms with Crippen LogP contribution in [0.3, 0.4) is 0 Å². The minimum atomic E-state index is -0.976. The lowest BCUT2D eigenvalue weighted by atomic mass is 10.2. The van der Waals surface area contributed by atoms with Gasteiger partial charge in [0.05, 0.1) is 6.42 Å². The molecule has 0 aliphatic heterocycles. The van der Waals surface area contributed by atoms with E-state index in [0.717, 1.165) is 5.56 Å². The fraction of sp³-hybridized carbons (Fsp3) is 0.0833. The van der Waals surface area contributed by atoms with E-state index in [1.807, 2.05) is 0 Å². The molecular formula is C12H8Cl2N2O2. The Hall–Kier alpha value is -1.65. The number of nitrogens with zero attached hydrogens (tertiary/aromatic N) is 2. The maximum atomic E-state index is 10.6. The number of hydrogen-bond acceptors (Lipinski definition) is 3. The lowest BCUT2D eigenvalue weighted by Gasteiger charge is -2.04. The molecule has 0 fully saturated rings. The van der Waals surface area contributed by atoms with E-state index >= 15 is 0 Å². The predicted octanol–water partition coefficient (Wildman–Crippen LogP) is 3.08. The van der Waals surface area contributed by atoms with Gasteiger partial charge in [-0.2, -0.15) is 0 Å². The lowest BCUT2D eigenvalue weighted by molar-refractivity contribution is -0.136. The highest BCUT2D eigenvalue weighted by molar-refractivity contribution is 6.31. The van der Waals surface area contributed by atoms with Crippen LogP contribution in [0.25, 0.3) is 11.4 Å². The van der Waals surface area contributed by atoms with E-state index in [1.165, 1.54) is 6.20 Å². The molecular weight excluding hydrogens is 275 g/mol. The van der Waals surface area contributed by atoms with Crippen molar-refractivity contribution in [1.29, 1.82) is 0 Å². The Morgan fingerprint density at radius 2 is 2.11 bits per heavy atom. The molecule has 1 aromatic heterocycles. The molecule has 0 amide bonds. The zero-order chi connectivity index (χ0) is 13.1. The van der Waals surface area contributed by atoms with Crippen LogP contribution in [-0.4, -0.2) is 21.0 Å². The molecule has 0 radical (unpaired) electrons. The zero-order valence-corrected chi connectivity index (χ0v) is 10.6. The summed E-state index contributed by atoms with van der Waals surface area (Å²) in [4.78, 5) is 18.7. The van der Waals surface area contributed by atoms with Crippen molar-refractivity contribution in [3.8, 4) is 11.4 Å². The molecule has 6 heteroatoms. The third-order valence-corrected chi connectivity index (χ3v) is 2.80. The van der Waals surface area contributed by atoms with Crippen molar-refractivity contribution in [2.75, 3.05) is 0 Å². The van der Waals surface area contributed by atoms with Crippen molar-refractivity contribution >= 4 is 29.2 Å². The molecule has 0 saturated heterocycles. The third-order valence-electron chi connectivity index (χ3n) is 2.24. The van der Waals surface area contributed by atoms with E-state index in [4.69, 9.17) is 28.3 Å². The minimum absolute atomic E-state index is 0.141. The second-order valence-corrected chi connectivity index (χ2v) is 4.38. The molecule has 0 atom stereocenters. The van der Waals surface area contributed by atoms with Gasteiger partial charge in [0.15, 0.2) is 5.82 Å². The van der Waals surface area contributed by atoms with Crippen LogP contribution in [0, 0.1) is 0 Å². The molecule has 0 unspecified atom stereocenters. The first-order chi connectivity index (χ1) is 8.56. The van der Waals surface area contributed by atoms with Gasteiger partial charge in [0.2, 0.25) is 0 Å². The molecule has 0 spiro atoms. The summed E-state index contributed by atoms with van der Waals surface area (Å²) in [5.41, 5.74) is 1.11. The standard InChI is InChI=1S/C12H8Cl2N2O2/c13-9-3-1-2-7(4-9)12-15-6-8(5-10(17)18)11(14)16-12/h1-4,6H,5H2,(H,17,18). The van der Waals surface area contributed by atoms with E-state index in [-0.39, 0.29) is 11.6 Å². The van der Waals surface area contributed by atoms with Gasteiger partial charge in [0.1, 0.15) is 5.15 Å². The Bertz CT molecular complexity index is 602. The number of hydrogen-bond donors (Lipinski definition) is 1. The van der Waals surface area contributed by atoms with Crippen LogP contribution in [-0.2, 0) is 11.2 Å². The van der Waals surface area contributed by atoms with Gasteiger partial charge in [0.25, 0.3) is 0 Å². The molecule has 1 N–H and O–H groups in total. The second-order valence-electron chi connectivity index (χ2n) is 3.59. The second kappa shape index (κ2) is 5.33. The molecule has 1 aromatic carbocycles. The number of aliphatic carboxylic acids is 1. The summed E-state index contributed by atoms with van der Waals surface area (Å²) in [6.45, 7) is 0. The zero-order valence-electron chi connectivity index (χ0n) is 9.10. The van der Waals surface area contributed by atoms with Crippen molar-refractivity contribution in [2.24, 2.45) is 0 Å². The third kappa shape index (κ3) is 2.97. The Labute approximate surface area is 113 Å². The van der Waals surface area contributed by atoms with Gasteiger partial charge in [-0.05, 0) is 12.1 Å². The molecule has 1 heterocycles. The van der Waals surface area contributed by atoms with Crippen molar-refractivity contribution in [3.63, 3.8) is 0 Å². The van der Waals surface area contributed by atoms with Crippen LogP contribution in [0.1, 0.15) is 5.56 Å². The lowest BCUT2D eigenvalue weighted by Crippen LogP contribution is -2.03. The highest BCUT2D eigenvalue weighted by atomic mass is 35.5. The highest BCUT2D eigenvalue weighted by Gasteiger charge is 2.10. The number of carboxylic acids is 1. The summed E-state index contributed by atoms with van der Waals surface area (Å²) in [6, 6.07) is 7.03. The first-order valence-corrected chi connectivity index (χ1v) is 5.81. The summed E-state index contributed by atoms with van der Waals surface area (Å²) in [5, 5.41) is 9.39. The highest BCUT2D eigenvalue weighted by Crippen LogP contribution is 2.22. The van der Waals surface area contributed by atoms with Crippen molar-refractivity contribution < 1.29 is 9.90 Å². The topological polar surface area (TPSA) is 63.1 Å². The molecule has 0 saturated carbocycles. The largest absolute Gasteiger partial charge is 0.481 e. The average molecular weight is 283 g/mol. The number of benzene rings is 1. The number of rotatable bonds is 3. The van der Waals surface area contributed by atoms with E-state index in [9.17, 15) is 4.79 Å². The van der Waals surface area contributed by atoms with Crippen LogP contribution in [0.2, 0.25) is 10.2 Å². The molecule has 0 aliphatic rings. The average Bonchev–Trinajstić information content (AvgIpc) is 2.31. The van der Waals surface area contributed by atoms with Gasteiger partial charge in [-0.15, -0.1) is 0 Å².